The number of likely N-dealkylation sites (tertiary alicyclic amines) is 1. The molecule has 0 saturated carbocycles. The number of hydrogen-bond donors (Lipinski definition) is 1. The van der Waals surface area contributed by atoms with Gasteiger partial charge in [-0.1, -0.05) is 13.8 Å². The minimum atomic E-state index is 0.253. The largest absolute Gasteiger partial charge is 0.327 e. The maximum atomic E-state index is 6.15. The van der Waals surface area contributed by atoms with Gasteiger partial charge in [0, 0.05) is 30.6 Å². The van der Waals surface area contributed by atoms with Crippen molar-refractivity contribution >= 4 is 11.3 Å². The Morgan fingerprint density at radius 2 is 2.31 bits per heavy atom. The van der Waals surface area contributed by atoms with E-state index in [0.717, 1.165) is 26.1 Å². The van der Waals surface area contributed by atoms with Gasteiger partial charge in [-0.05, 0) is 35.8 Å². The highest BCUT2D eigenvalue weighted by Gasteiger charge is 2.33. The van der Waals surface area contributed by atoms with Gasteiger partial charge in [0.25, 0.3) is 0 Å². The van der Waals surface area contributed by atoms with Crippen LogP contribution in [-0.2, 0) is 6.54 Å². The molecule has 3 heteroatoms. The summed E-state index contributed by atoms with van der Waals surface area (Å²) in [6.45, 7) is 10.1. The molecular formula is C13H22N2S. The minimum Gasteiger partial charge on any atom is -0.327 e. The summed E-state index contributed by atoms with van der Waals surface area (Å²) in [4.78, 5) is 4.05. The van der Waals surface area contributed by atoms with E-state index in [1.165, 1.54) is 10.4 Å². The molecule has 1 aromatic rings. The summed E-state index contributed by atoms with van der Waals surface area (Å²) in [5, 5.41) is 2.19. The van der Waals surface area contributed by atoms with Crippen LogP contribution in [-0.4, -0.2) is 24.0 Å². The molecule has 2 nitrogen and oxygen atoms in total. The molecule has 1 aliphatic heterocycles. The van der Waals surface area contributed by atoms with Crippen LogP contribution in [0.2, 0.25) is 0 Å². The van der Waals surface area contributed by atoms with Crippen LogP contribution in [0.4, 0.5) is 0 Å². The Hall–Kier alpha value is -0.380. The zero-order chi connectivity index (χ0) is 11.8. The maximum absolute atomic E-state index is 6.15. The lowest BCUT2D eigenvalue weighted by atomic mass is 9.80. The molecule has 1 fully saturated rings. The number of rotatable bonds is 2. The number of nitrogens with zero attached hydrogens (tertiary/aromatic N) is 1. The van der Waals surface area contributed by atoms with Gasteiger partial charge < -0.3 is 5.73 Å². The number of thiophene rings is 1. The fraction of sp³-hybridized carbons (Fsp3) is 0.692. The van der Waals surface area contributed by atoms with E-state index in [-0.39, 0.29) is 5.41 Å². The molecule has 2 rings (SSSR count). The van der Waals surface area contributed by atoms with Crippen LogP contribution in [0.15, 0.2) is 11.4 Å². The molecule has 0 aliphatic carbocycles. The van der Waals surface area contributed by atoms with Crippen LogP contribution >= 0.6 is 11.3 Å². The van der Waals surface area contributed by atoms with Gasteiger partial charge in [0.15, 0.2) is 0 Å². The topological polar surface area (TPSA) is 29.3 Å². The second-order valence-electron chi connectivity index (χ2n) is 5.62. The smallest absolute Gasteiger partial charge is 0.0330 e. The number of hydrogen-bond acceptors (Lipinski definition) is 3. The Labute approximate surface area is 102 Å². The Kier molecular flexibility index (Phi) is 3.38. The van der Waals surface area contributed by atoms with E-state index in [0.29, 0.717) is 6.04 Å². The van der Waals surface area contributed by atoms with Crippen molar-refractivity contribution < 1.29 is 0 Å². The Morgan fingerprint density at radius 1 is 1.56 bits per heavy atom. The summed E-state index contributed by atoms with van der Waals surface area (Å²) in [6, 6.07) is 2.56. The van der Waals surface area contributed by atoms with Crippen LogP contribution in [0.3, 0.4) is 0 Å². The van der Waals surface area contributed by atoms with Crippen LogP contribution in [0, 0.1) is 12.3 Å². The summed E-state index contributed by atoms with van der Waals surface area (Å²) in [7, 11) is 0. The van der Waals surface area contributed by atoms with Gasteiger partial charge in [-0.25, -0.2) is 0 Å². The Balaban J connectivity index is 2.00. The molecule has 0 amide bonds. The lowest BCUT2D eigenvalue weighted by Crippen LogP contribution is -2.51. The maximum Gasteiger partial charge on any atom is 0.0330 e. The molecular weight excluding hydrogens is 216 g/mol. The number of piperidine rings is 1. The van der Waals surface area contributed by atoms with Crippen LogP contribution < -0.4 is 5.73 Å². The molecule has 0 aromatic carbocycles. The lowest BCUT2D eigenvalue weighted by molar-refractivity contribution is 0.0905. The van der Waals surface area contributed by atoms with Crippen molar-refractivity contribution in [2.75, 3.05) is 13.1 Å². The molecule has 16 heavy (non-hydrogen) atoms. The van der Waals surface area contributed by atoms with E-state index in [2.05, 4.69) is 37.1 Å². The summed E-state index contributed by atoms with van der Waals surface area (Å²) in [6.07, 6.45) is 1.12. The third-order valence-electron chi connectivity index (χ3n) is 3.73. The standard InChI is InChI=1S/C13H22N2S/c1-10-5-7-16-11(10)8-15-6-4-12(14)13(2,3)9-15/h5,7,12H,4,6,8-9,14H2,1-3H3. The molecule has 1 atom stereocenters. The summed E-state index contributed by atoms with van der Waals surface area (Å²) < 4.78 is 0. The Bertz CT molecular complexity index is 357. The van der Waals surface area contributed by atoms with E-state index in [9.17, 15) is 0 Å². The third kappa shape index (κ3) is 2.47. The van der Waals surface area contributed by atoms with E-state index < -0.39 is 0 Å². The highest BCUT2D eigenvalue weighted by molar-refractivity contribution is 7.10. The first kappa shape index (κ1) is 12.1. The van der Waals surface area contributed by atoms with E-state index in [4.69, 9.17) is 5.73 Å². The van der Waals surface area contributed by atoms with Crippen molar-refractivity contribution in [2.45, 2.75) is 39.8 Å². The normalized spacial score (nSPS) is 25.9. The molecule has 2 heterocycles. The average Bonchev–Trinajstić information content (AvgIpc) is 2.58. The Morgan fingerprint density at radius 3 is 2.88 bits per heavy atom. The average molecular weight is 238 g/mol. The predicted molar refractivity (Wildman–Crippen MR) is 70.7 cm³/mol. The van der Waals surface area contributed by atoms with Gasteiger partial charge in [0.1, 0.15) is 0 Å². The second-order valence-corrected chi connectivity index (χ2v) is 6.62. The van der Waals surface area contributed by atoms with Crippen LogP contribution in [0.1, 0.15) is 30.7 Å². The summed E-state index contributed by atoms with van der Waals surface area (Å²) in [5.74, 6) is 0. The van der Waals surface area contributed by atoms with Gasteiger partial charge in [-0.3, -0.25) is 4.90 Å². The molecule has 0 radical (unpaired) electrons. The highest BCUT2D eigenvalue weighted by Crippen LogP contribution is 2.29. The van der Waals surface area contributed by atoms with Crippen LogP contribution in [0.25, 0.3) is 0 Å². The van der Waals surface area contributed by atoms with Gasteiger partial charge in [-0.2, -0.15) is 0 Å². The van der Waals surface area contributed by atoms with Crippen LogP contribution in [0.5, 0.6) is 0 Å². The summed E-state index contributed by atoms with van der Waals surface area (Å²) >= 11 is 1.87. The molecule has 1 aliphatic rings. The van der Waals surface area contributed by atoms with E-state index in [1.54, 1.807) is 0 Å². The van der Waals surface area contributed by atoms with E-state index in [1.807, 2.05) is 11.3 Å². The SMILES string of the molecule is Cc1ccsc1CN1CCC(N)C(C)(C)C1. The van der Waals surface area contributed by atoms with Gasteiger partial charge in [0.05, 0.1) is 0 Å². The van der Waals surface area contributed by atoms with Crippen molar-refractivity contribution in [1.82, 2.24) is 4.90 Å². The molecule has 0 bridgehead atoms. The van der Waals surface area contributed by atoms with Crippen molar-refractivity contribution in [1.29, 1.82) is 0 Å². The molecule has 2 N–H and O–H groups in total. The van der Waals surface area contributed by atoms with Crippen molar-refractivity contribution in [2.24, 2.45) is 11.1 Å². The fourth-order valence-corrected chi connectivity index (χ4v) is 3.34. The minimum absolute atomic E-state index is 0.253. The summed E-state index contributed by atoms with van der Waals surface area (Å²) in [5.41, 5.74) is 7.84. The highest BCUT2D eigenvalue weighted by atomic mass is 32.1. The van der Waals surface area contributed by atoms with Gasteiger partial charge >= 0.3 is 0 Å². The lowest BCUT2D eigenvalue weighted by Gasteiger charge is -2.42. The molecule has 1 aromatic heterocycles. The first-order valence-corrected chi connectivity index (χ1v) is 6.88. The molecule has 1 unspecified atom stereocenters. The fourth-order valence-electron chi connectivity index (χ4n) is 2.39. The monoisotopic (exact) mass is 238 g/mol. The van der Waals surface area contributed by atoms with Crippen molar-refractivity contribution in [3.05, 3.63) is 21.9 Å². The molecule has 1 saturated heterocycles. The first-order chi connectivity index (χ1) is 7.49. The predicted octanol–water partition coefficient (Wildman–Crippen LogP) is 2.62. The second kappa shape index (κ2) is 4.47. The van der Waals surface area contributed by atoms with Crippen molar-refractivity contribution in [3.8, 4) is 0 Å². The third-order valence-corrected chi connectivity index (χ3v) is 4.73. The number of nitrogens with two attached hydrogens (primary N) is 1. The molecule has 90 valence electrons. The van der Waals surface area contributed by atoms with Crippen molar-refractivity contribution in [3.63, 3.8) is 0 Å². The zero-order valence-electron chi connectivity index (χ0n) is 10.5. The quantitative estimate of drug-likeness (QED) is 0.858. The number of aryl methyl sites for hydroxylation is 1. The van der Waals surface area contributed by atoms with Gasteiger partial charge in [0.2, 0.25) is 0 Å². The first-order valence-electron chi connectivity index (χ1n) is 6.00. The van der Waals surface area contributed by atoms with E-state index >= 15 is 0 Å². The van der Waals surface area contributed by atoms with Gasteiger partial charge in [-0.15, -0.1) is 11.3 Å². The zero-order valence-corrected chi connectivity index (χ0v) is 11.3. The molecule has 0 spiro atoms.